The highest BCUT2D eigenvalue weighted by Gasteiger charge is 2.42. The number of primary amides is 1. The van der Waals surface area contributed by atoms with Crippen LogP contribution in [0.4, 0.5) is 0 Å². The van der Waals surface area contributed by atoms with Gasteiger partial charge in [-0.1, -0.05) is 49.7 Å². The Labute approximate surface area is 232 Å². The molecule has 3 fully saturated rings. The number of amides is 3. The maximum absolute atomic E-state index is 13.9. The summed E-state index contributed by atoms with van der Waals surface area (Å²) in [6.45, 7) is 5.69. The third-order valence-corrected chi connectivity index (χ3v) is 7.67. The zero-order valence-electron chi connectivity index (χ0n) is 21.9. The summed E-state index contributed by atoms with van der Waals surface area (Å²) < 4.78 is 6.03. The van der Waals surface area contributed by atoms with E-state index < -0.39 is 5.91 Å². The molecule has 2 N–H and O–H groups in total. The van der Waals surface area contributed by atoms with Gasteiger partial charge in [-0.3, -0.25) is 19.4 Å². The molecule has 3 aromatic rings. The first-order valence-electron chi connectivity index (χ1n) is 13.0. The van der Waals surface area contributed by atoms with Gasteiger partial charge >= 0.3 is 0 Å². The van der Waals surface area contributed by atoms with Crippen LogP contribution in [0.15, 0.2) is 67.0 Å². The maximum atomic E-state index is 13.9. The highest BCUT2D eigenvalue weighted by Crippen LogP contribution is 2.31. The lowest BCUT2D eigenvalue weighted by Crippen LogP contribution is -2.54. The van der Waals surface area contributed by atoms with Crippen molar-refractivity contribution >= 4 is 29.3 Å². The highest BCUT2D eigenvalue weighted by molar-refractivity contribution is 6.30. The lowest BCUT2D eigenvalue weighted by Gasteiger charge is -2.39. The van der Waals surface area contributed by atoms with Crippen molar-refractivity contribution in [3.05, 3.63) is 88.7 Å². The Hall–Kier alpha value is -3.75. The standard InChI is InChI=1S/C30H31ClN4O4/c1-18(2)27(19-6-8-24(31)9-7-19)30(38)35-16-26-15-34(14-25(35)17-39-26)29(37)21-5-3-4-20(10-21)22-11-23(28(32)36)13-33-12-22/h3-13,18,25-27H,14-17H2,1-2H3,(H2,32,36)/t25?,26?,27-/m1/s1. The quantitative estimate of drug-likeness (QED) is 0.503. The molecule has 3 atom stereocenters. The van der Waals surface area contributed by atoms with Crippen molar-refractivity contribution in [3.8, 4) is 11.1 Å². The SMILES string of the molecule is CC(C)[C@@H](C(=O)N1CC2CN(C(=O)c3cccc(-c4cncc(C(N)=O)c4)c3)CC1CO2)c1ccc(Cl)cc1. The highest BCUT2D eigenvalue weighted by atomic mass is 35.5. The molecule has 0 radical (unpaired) electrons. The first-order chi connectivity index (χ1) is 18.7. The number of fused-ring (bicyclic) bond motifs is 4. The Balaban J connectivity index is 1.36. The number of nitrogens with two attached hydrogens (primary N) is 1. The van der Waals surface area contributed by atoms with Crippen molar-refractivity contribution in [2.24, 2.45) is 11.7 Å². The van der Waals surface area contributed by atoms with E-state index in [0.717, 1.165) is 11.1 Å². The third kappa shape index (κ3) is 5.67. The number of carbonyl (C=O) groups excluding carboxylic acids is 3. The van der Waals surface area contributed by atoms with Crippen molar-refractivity contribution in [2.75, 3.05) is 26.2 Å². The van der Waals surface area contributed by atoms with E-state index in [2.05, 4.69) is 4.98 Å². The van der Waals surface area contributed by atoms with Crippen LogP contribution in [0, 0.1) is 5.92 Å². The lowest BCUT2D eigenvalue weighted by atomic mass is 9.86. The molecule has 9 heteroatoms. The van der Waals surface area contributed by atoms with Crippen LogP contribution in [0.3, 0.4) is 0 Å². The maximum Gasteiger partial charge on any atom is 0.254 e. The molecule has 4 heterocycles. The van der Waals surface area contributed by atoms with E-state index in [1.807, 2.05) is 49.1 Å². The van der Waals surface area contributed by atoms with Crippen LogP contribution in [0.2, 0.25) is 5.02 Å². The molecule has 39 heavy (non-hydrogen) atoms. The summed E-state index contributed by atoms with van der Waals surface area (Å²) in [5.74, 6) is -0.879. The van der Waals surface area contributed by atoms with Gasteiger partial charge in [0.2, 0.25) is 11.8 Å². The molecule has 6 rings (SSSR count). The summed E-state index contributed by atoms with van der Waals surface area (Å²) in [4.78, 5) is 46.9. The van der Waals surface area contributed by atoms with Crippen molar-refractivity contribution < 1.29 is 19.1 Å². The van der Waals surface area contributed by atoms with Crippen molar-refractivity contribution in [3.63, 3.8) is 0 Å². The molecule has 2 bridgehead atoms. The number of halogens is 1. The fraction of sp³-hybridized carbons (Fsp3) is 0.333. The smallest absolute Gasteiger partial charge is 0.254 e. The number of benzene rings is 2. The zero-order chi connectivity index (χ0) is 27.7. The number of hydrogen-bond acceptors (Lipinski definition) is 5. The van der Waals surface area contributed by atoms with Gasteiger partial charge in [0, 0.05) is 48.2 Å². The van der Waals surface area contributed by atoms with Gasteiger partial charge in [-0.25, -0.2) is 0 Å². The summed E-state index contributed by atoms with van der Waals surface area (Å²) in [6.07, 6.45) is 2.78. The summed E-state index contributed by atoms with van der Waals surface area (Å²) in [5, 5.41) is 0.631. The number of aromatic nitrogens is 1. The Morgan fingerprint density at radius 2 is 1.72 bits per heavy atom. The van der Waals surface area contributed by atoms with Gasteiger partial charge in [0.25, 0.3) is 5.91 Å². The van der Waals surface area contributed by atoms with Crippen molar-refractivity contribution in [1.29, 1.82) is 0 Å². The molecule has 0 aliphatic carbocycles. The Morgan fingerprint density at radius 3 is 2.44 bits per heavy atom. The molecular weight excluding hydrogens is 516 g/mol. The largest absolute Gasteiger partial charge is 0.372 e. The zero-order valence-corrected chi connectivity index (χ0v) is 22.7. The van der Waals surface area contributed by atoms with E-state index >= 15 is 0 Å². The van der Waals surface area contributed by atoms with Crippen LogP contribution in [-0.4, -0.2) is 70.9 Å². The van der Waals surface area contributed by atoms with E-state index in [4.69, 9.17) is 22.1 Å². The monoisotopic (exact) mass is 546 g/mol. The number of ether oxygens (including phenoxy) is 1. The predicted molar refractivity (Wildman–Crippen MR) is 148 cm³/mol. The molecule has 3 aliphatic heterocycles. The number of rotatable bonds is 6. The van der Waals surface area contributed by atoms with Gasteiger partial charge < -0.3 is 20.3 Å². The van der Waals surface area contributed by atoms with Crippen LogP contribution in [0.25, 0.3) is 11.1 Å². The van der Waals surface area contributed by atoms with E-state index in [1.54, 1.807) is 35.4 Å². The van der Waals surface area contributed by atoms with Crippen LogP contribution in [0.1, 0.15) is 46.0 Å². The lowest BCUT2D eigenvalue weighted by molar-refractivity contribution is -0.144. The fourth-order valence-electron chi connectivity index (χ4n) is 5.44. The average molecular weight is 547 g/mol. The molecule has 3 saturated heterocycles. The van der Waals surface area contributed by atoms with Crippen molar-refractivity contribution in [2.45, 2.75) is 31.9 Å². The van der Waals surface area contributed by atoms with Crippen molar-refractivity contribution in [1.82, 2.24) is 14.8 Å². The fourth-order valence-corrected chi connectivity index (χ4v) is 5.56. The molecule has 0 spiro atoms. The topological polar surface area (TPSA) is 106 Å². The number of carbonyl (C=O) groups is 3. The van der Waals surface area contributed by atoms with Gasteiger partial charge in [0.05, 0.1) is 30.2 Å². The van der Waals surface area contributed by atoms with Crippen LogP contribution in [-0.2, 0) is 9.53 Å². The Morgan fingerprint density at radius 1 is 0.974 bits per heavy atom. The first-order valence-corrected chi connectivity index (χ1v) is 13.4. The van der Waals surface area contributed by atoms with E-state index in [0.29, 0.717) is 48.0 Å². The van der Waals surface area contributed by atoms with Gasteiger partial charge in [-0.15, -0.1) is 0 Å². The minimum Gasteiger partial charge on any atom is -0.372 e. The number of hydrogen-bond donors (Lipinski definition) is 1. The van der Waals surface area contributed by atoms with Crippen LogP contribution in [0.5, 0.6) is 0 Å². The summed E-state index contributed by atoms with van der Waals surface area (Å²) in [6, 6.07) is 16.1. The van der Waals surface area contributed by atoms with Crippen LogP contribution >= 0.6 is 11.6 Å². The molecule has 8 nitrogen and oxygen atoms in total. The normalized spacial score (nSPS) is 19.6. The van der Waals surface area contributed by atoms with Gasteiger partial charge in [0.1, 0.15) is 0 Å². The molecule has 2 unspecified atom stereocenters. The Kier molecular flexibility index (Phi) is 7.68. The first kappa shape index (κ1) is 26.8. The molecule has 3 amide bonds. The number of nitrogens with zero attached hydrogens (tertiary/aromatic N) is 3. The predicted octanol–water partition coefficient (Wildman–Crippen LogP) is 3.99. The second-order valence-corrected chi connectivity index (χ2v) is 10.9. The summed E-state index contributed by atoms with van der Waals surface area (Å²) in [5.41, 5.74) is 8.59. The molecule has 2 aromatic carbocycles. The molecule has 1 aromatic heterocycles. The second-order valence-electron chi connectivity index (χ2n) is 10.5. The van der Waals surface area contributed by atoms with Gasteiger partial charge in [-0.05, 0) is 47.4 Å². The van der Waals surface area contributed by atoms with E-state index in [1.165, 1.54) is 6.20 Å². The minimum absolute atomic E-state index is 0.0451. The number of pyridine rings is 1. The minimum atomic E-state index is -0.563. The summed E-state index contributed by atoms with van der Waals surface area (Å²) >= 11 is 6.09. The molecular formula is C30H31ClN4O4. The Bertz CT molecular complexity index is 1390. The molecule has 202 valence electrons. The third-order valence-electron chi connectivity index (χ3n) is 7.42. The van der Waals surface area contributed by atoms with E-state index in [9.17, 15) is 14.4 Å². The molecule has 0 saturated carbocycles. The average Bonchev–Trinajstić information content (AvgIpc) is 3.26. The second kappa shape index (κ2) is 11.2. The van der Waals surface area contributed by atoms with Gasteiger partial charge in [-0.2, -0.15) is 0 Å². The number of morpholine rings is 1. The molecule has 3 aliphatic rings. The van der Waals surface area contributed by atoms with E-state index in [-0.39, 0.29) is 35.8 Å². The van der Waals surface area contributed by atoms with Crippen LogP contribution < -0.4 is 5.73 Å². The van der Waals surface area contributed by atoms with Gasteiger partial charge in [0.15, 0.2) is 0 Å². The summed E-state index contributed by atoms with van der Waals surface area (Å²) in [7, 11) is 0.